The number of ether oxygens (including phenoxy) is 1. The van der Waals surface area contributed by atoms with Gasteiger partial charge < -0.3 is 4.74 Å². The lowest BCUT2D eigenvalue weighted by molar-refractivity contribution is -0.152. The molecule has 1 unspecified atom stereocenters. The molecular weight excluding hydrogens is 300 g/mol. The van der Waals surface area contributed by atoms with E-state index in [4.69, 9.17) is 4.74 Å². The summed E-state index contributed by atoms with van der Waals surface area (Å²) < 4.78 is 4.90. The van der Waals surface area contributed by atoms with Gasteiger partial charge in [-0.2, -0.15) is 0 Å². The number of imide groups is 2. The first-order chi connectivity index (χ1) is 11.1. The Labute approximate surface area is 132 Å². The molecule has 1 fully saturated rings. The van der Waals surface area contributed by atoms with Gasteiger partial charge in [0.1, 0.15) is 6.04 Å². The molecule has 0 radical (unpaired) electrons. The number of benzene rings is 1. The first-order valence-electron chi connectivity index (χ1n) is 7.36. The highest BCUT2D eigenvalue weighted by atomic mass is 16.5. The normalized spacial score (nSPS) is 21.2. The minimum Gasteiger partial charge on any atom is -0.383 e. The molecule has 4 amide bonds. The third-order valence-electron chi connectivity index (χ3n) is 4.14. The van der Waals surface area contributed by atoms with E-state index in [0.717, 1.165) is 9.80 Å². The maximum atomic E-state index is 12.6. The van der Waals surface area contributed by atoms with E-state index >= 15 is 0 Å². The number of hydrogen-bond donors (Lipinski definition) is 0. The molecule has 2 aliphatic heterocycles. The number of methoxy groups -OCH3 is 1. The van der Waals surface area contributed by atoms with E-state index in [1.165, 1.54) is 7.11 Å². The van der Waals surface area contributed by atoms with Crippen molar-refractivity contribution in [2.24, 2.45) is 0 Å². The van der Waals surface area contributed by atoms with Gasteiger partial charge in [-0.25, -0.2) is 0 Å². The summed E-state index contributed by atoms with van der Waals surface area (Å²) in [5, 5.41) is 0. The average molecular weight is 316 g/mol. The van der Waals surface area contributed by atoms with E-state index in [1.807, 2.05) is 0 Å². The van der Waals surface area contributed by atoms with Gasteiger partial charge in [0, 0.05) is 13.5 Å². The van der Waals surface area contributed by atoms with Crippen LogP contribution in [0.2, 0.25) is 0 Å². The van der Waals surface area contributed by atoms with Crippen LogP contribution in [-0.2, 0) is 14.3 Å². The first-order valence-corrected chi connectivity index (χ1v) is 7.36. The van der Waals surface area contributed by atoms with Crippen molar-refractivity contribution in [2.45, 2.75) is 18.9 Å². The lowest BCUT2D eigenvalue weighted by Gasteiger charge is -2.34. The highest BCUT2D eigenvalue weighted by Gasteiger charge is 2.46. The van der Waals surface area contributed by atoms with E-state index in [0.29, 0.717) is 11.1 Å². The van der Waals surface area contributed by atoms with Crippen molar-refractivity contribution in [3.8, 4) is 0 Å². The Morgan fingerprint density at radius 3 is 2.26 bits per heavy atom. The van der Waals surface area contributed by atoms with Gasteiger partial charge in [-0.05, 0) is 18.6 Å². The summed E-state index contributed by atoms with van der Waals surface area (Å²) >= 11 is 0. The second kappa shape index (κ2) is 5.92. The highest BCUT2D eigenvalue weighted by Crippen LogP contribution is 2.28. The second-order valence-electron chi connectivity index (χ2n) is 5.46. The average Bonchev–Trinajstić information content (AvgIpc) is 2.80. The number of fused-ring (bicyclic) bond motifs is 1. The predicted molar refractivity (Wildman–Crippen MR) is 78.6 cm³/mol. The number of rotatable bonds is 4. The molecule has 0 aromatic heterocycles. The van der Waals surface area contributed by atoms with Gasteiger partial charge >= 0.3 is 0 Å². The smallest absolute Gasteiger partial charge is 0.262 e. The SMILES string of the molecule is COCCN1C(=O)CCC(N2C(=O)c3ccccc3C2=O)C1=O. The third-order valence-corrected chi connectivity index (χ3v) is 4.14. The minimum absolute atomic E-state index is 0.119. The summed E-state index contributed by atoms with van der Waals surface area (Å²) in [6.07, 6.45) is 0.278. The van der Waals surface area contributed by atoms with Crippen LogP contribution in [0, 0.1) is 0 Å². The molecule has 23 heavy (non-hydrogen) atoms. The van der Waals surface area contributed by atoms with Gasteiger partial charge in [-0.3, -0.25) is 29.0 Å². The summed E-state index contributed by atoms with van der Waals surface area (Å²) in [5.41, 5.74) is 0.594. The summed E-state index contributed by atoms with van der Waals surface area (Å²) in [7, 11) is 1.47. The molecular formula is C16H16N2O5. The van der Waals surface area contributed by atoms with Gasteiger partial charge in [0.15, 0.2) is 0 Å². The summed E-state index contributed by atoms with van der Waals surface area (Å²) in [6.45, 7) is 0.333. The lowest BCUT2D eigenvalue weighted by Crippen LogP contribution is -2.56. The van der Waals surface area contributed by atoms with Crippen LogP contribution in [-0.4, -0.2) is 59.7 Å². The fourth-order valence-corrected chi connectivity index (χ4v) is 2.97. The molecule has 2 aliphatic rings. The monoisotopic (exact) mass is 316 g/mol. The largest absolute Gasteiger partial charge is 0.383 e. The predicted octanol–water partition coefficient (Wildman–Crippen LogP) is 0.447. The topological polar surface area (TPSA) is 84.0 Å². The number of hydrogen-bond acceptors (Lipinski definition) is 5. The Morgan fingerprint density at radius 2 is 1.70 bits per heavy atom. The van der Waals surface area contributed by atoms with Crippen molar-refractivity contribution >= 4 is 23.6 Å². The number of carbonyl (C=O) groups excluding carboxylic acids is 4. The number of amides is 4. The van der Waals surface area contributed by atoms with Crippen LogP contribution in [0.15, 0.2) is 24.3 Å². The number of likely N-dealkylation sites (tertiary alicyclic amines) is 1. The molecule has 0 aliphatic carbocycles. The van der Waals surface area contributed by atoms with Crippen LogP contribution in [0.5, 0.6) is 0 Å². The lowest BCUT2D eigenvalue weighted by atomic mass is 10.0. The van der Waals surface area contributed by atoms with Crippen molar-refractivity contribution in [1.82, 2.24) is 9.80 Å². The van der Waals surface area contributed by atoms with Crippen LogP contribution >= 0.6 is 0 Å². The zero-order chi connectivity index (χ0) is 16.6. The van der Waals surface area contributed by atoms with Crippen LogP contribution in [0.25, 0.3) is 0 Å². The zero-order valence-corrected chi connectivity index (χ0v) is 12.7. The standard InChI is InChI=1S/C16H16N2O5/c1-23-9-8-17-13(19)7-6-12(16(17)22)18-14(20)10-4-2-3-5-11(10)15(18)21/h2-5,12H,6-9H2,1H3. The van der Waals surface area contributed by atoms with Crippen molar-refractivity contribution in [3.05, 3.63) is 35.4 Å². The maximum absolute atomic E-state index is 12.6. The molecule has 3 rings (SSSR count). The van der Waals surface area contributed by atoms with Crippen molar-refractivity contribution < 1.29 is 23.9 Å². The fraction of sp³-hybridized carbons (Fsp3) is 0.375. The molecule has 0 saturated carbocycles. The molecule has 7 heteroatoms. The third kappa shape index (κ3) is 2.43. The summed E-state index contributed by atoms with van der Waals surface area (Å²) in [5.74, 6) is -1.79. The second-order valence-corrected chi connectivity index (χ2v) is 5.46. The van der Waals surface area contributed by atoms with E-state index in [-0.39, 0.29) is 31.9 Å². The Hall–Kier alpha value is -2.54. The van der Waals surface area contributed by atoms with Gasteiger partial charge in [-0.15, -0.1) is 0 Å². The van der Waals surface area contributed by atoms with E-state index in [1.54, 1.807) is 24.3 Å². The Morgan fingerprint density at radius 1 is 1.09 bits per heavy atom. The van der Waals surface area contributed by atoms with E-state index < -0.39 is 23.8 Å². The Balaban J connectivity index is 1.88. The van der Waals surface area contributed by atoms with Crippen molar-refractivity contribution in [2.75, 3.05) is 20.3 Å². The van der Waals surface area contributed by atoms with Gasteiger partial charge in [0.05, 0.1) is 24.3 Å². The molecule has 7 nitrogen and oxygen atoms in total. The highest BCUT2D eigenvalue weighted by molar-refractivity contribution is 6.23. The summed E-state index contributed by atoms with van der Waals surface area (Å²) in [6, 6.07) is 5.54. The maximum Gasteiger partial charge on any atom is 0.262 e. The molecule has 1 atom stereocenters. The quantitative estimate of drug-likeness (QED) is 0.753. The van der Waals surface area contributed by atoms with E-state index in [9.17, 15) is 19.2 Å². The van der Waals surface area contributed by atoms with Crippen molar-refractivity contribution in [3.63, 3.8) is 0 Å². The van der Waals surface area contributed by atoms with Crippen molar-refractivity contribution in [1.29, 1.82) is 0 Å². The molecule has 1 aromatic rings. The van der Waals surface area contributed by atoms with E-state index in [2.05, 4.69) is 0 Å². The molecule has 0 N–H and O–H groups in total. The number of piperidine rings is 1. The Bertz CT molecular complexity index is 664. The molecule has 1 aromatic carbocycles. The van der Waals surface area contributed by atoms with Crippen LogP contribution in [0.3, 0.4) is 0 Å². The molecule has 0 bridgehead atoms. The van der Waals surface area contributed by atoms with Crippen LogP contribution < -0.4 is 0 Å². The zero-order valence-electron chi connectivity index (χ0n) is 12.7. The Kier molecular flexibility index (Phi) is 3.96. The fourth-order valence-electron chi connectivity index (χ4n) is 2.97. The number of carbonyl (C=O) groups is 4. The molecule has 120 valence electrons. The summed E-state index contributed by atoms with van der Waals surface area (Å²) in [4.78, 5) is 51.5. The van der Waals surface area contributed by atoms with Crippen LogP contribution in [0.1, 0.15) is 33.6 Å². The molecule has 2 heterocycles. The number of nitrogens with zero attached hydrogens (tertiary/aromatic N) is 2. The molecule has 1 saturated heterocycles. The first kappa shape index (κ1) is 15.4. The van der Waals surface area contributed by atoms with Gasteiger partial charge in [0.25, 0.3) is 17.7 Å². The molecule has 0 spiro atoms. The van der Waals surface area contributed by atoms with Gasteiger partial charge in [0.2, 0.25) is 5.91 Å². The van der Waals surface area contributed by atoms with Gasteiger partial charge in [-0.1, -0.05) is 12.1 Å². The minimum atomic E-state index is -0.933. The van der Waals surface area contributed by atoms with Crippen LogP contribution in [0.4, 0.5) is 0 Å².